The van der Waals surface area contributed by atoms with Gasteiger partial charge in [-0.15, -0.1) is 0 Å². The van der Waals surface area contributed by atoms with Crippen molar-refractivity contribution < 1.29 is 14.9 Å². The monoisotopic (exact) mass is 252 g/mol. The number of allylic oxidation sites excluding steroid dienone is 1. The van der Waals surface area contributed by atoms with Gasteiger partial charge in [0.25, 0.3) is 0 Å². The first-order chi connectivity index (χ1) is 8.39. The summed E-state index contributed by atoms with van der Waals surface area (Å²) in [5.41, 5.74) is 3.03. The van der Waals surface area contributed by atoms with Crippen molar-refractivity contribution in [3.05, 3.63) is 11.1 Å². The van der Waals surface area contributed by atoms with Crippen LogP contribution in [0, 0.1) is 23.2 Å². The van der Waals surface area contributed by atoms with Crippen molar-refractivity contribution in [1.82, 2.24) is 0 Å². The minimum absolute atomic E-state index is 0.179. The maximum absolute atomic E-state index is 10.3. The van der Waals surface area contributed by atoms with E-state index in [1.54, 1.807) is 0 Å². The zero-order valence-corrected chi connectivity index (χ0v) is 11.5. The van der Waals surface area contributed by atoms with Crippen molar-refractivity contribution in [2.75, 3.05) is 6.61 Å². The highest BCUT2D eigenvalue weighted by molar-refractivity contribution is 5.30. The van der Waals surface area contributed by atoms with E-state index in [1.807, 2.05) is 0 Å². The molecule has 0 aromatic heterocycles. The SMILES string of the molecule is C[C@H]1C[C@@H](O)[C@H]2C(=C3CC(C)(C)C[C@H]31)CO[C@H]2O. The maximum Gasteiger partial charge on any atom is 0.164 e. The van der Waals surface area contributed by atoms with Crippen LogP contribution in [0.4, 0.5) is 0 Å². The first kappa shape index (κ1) is 12.6. The van der Waals surface area contributed by atoms with Gasteiger partial charge in [-0.2, -0.15) is 0 Å². The van der Waals surface area contributed by atoms with E-state index in [1.165, 1.54) is 17.6 Å². The number of aliphatic hydroxyl groups is 2. The summed E-state index contributed by atoms with van der Waals surface area (Å²) in [6.07, 6.45) is 1.81. The number of aliphatic hydroxyl groups excluding tert-OH is 2. The number of rotatable bonds is 0. The fourth-order valence-electron chi connectivity index (χ4n) is 4.30. The Labute approximate surface area is 109 Å². The predicted octanol–water partition coefficient (Wildman–Crippen LogP) is 2.08. The number of hydrogen-bond donors (Lipinski definition) is 2. The third-order valence-electron chi connectivity index (χ3n) is 5.14. The minimum atomic E-state index is -0.808. The Kier molecular flexibility index (Phi) is 2.85. The summed E-state index contributed by atoms with van der Waals surface area (Å²) in [5, 5.41) is 20.3. The molecule has 2 aliphatic carbocycles. The van der Waals surface area contributed by atoms with E-state index in [0.29, 0.717) is 23.9 Å². The Morgan fingerprint density at radius 3 is 2.67 bits per heavy atom. The van der Waals surface area contributed by atoms with Crippen molar-refractivity contribution in [3.8, 4) is 0 Å². The van der Waals surface area contributed by atoms with Gasteiger partial charge in [0.1, 0.15) is 0 Å². The smallest absolute Gasteiger partial charge is 0.164 e. The van der Waals surface area contributed by atoms with Crippen LogP contribution >= 0.6 is 0 Å². The molecule has 2 fully saturated rings. The Bertz CT molecular complexity index is 385. The van der Waals surface area contributed by atoms with Crippen molar-refractivity contribution >= 4 is 0 Å². The molecule has 3 heteroatoms. The summed E-state index contributed by atoms with van der Waals surface area (Å²) >= 11 is 0. The summed E-state index contributed by atoms with van der Waals surface area (Å²) in [4.78, 5) is 0. The van der Waals surface area contributed by atoms with Crippen molar-refractivity contribution in [1.29, 1.82) is 0 Å². The highest BCUT2D eigenvalue weighted by Crippen LogP contribution is 2.54. The largest absolute Gasteiger partial charge is 0.392 e. The fourth-order valence-corrected chi connectivity index (χ4v) is 4.30. The topological polar surface area (TPSA) is 49.7 Å². The van der Waals surface area contributed by atoms with Crippen LogP contribution in [0.1, 0.15) is 40.0 Å². The lowest BCUT2D eigenvalue weighted by atomic mass is 9.83. The van der Waals surface area contributed by atoms with Crippen LogP contribution in [0.15, 0.2) is 11.1 Å². The Morgan fingerprint density at radius 2 is 1.94 bits per heavy atom. The second-order valence-electron chi connectivity index (χ2n) is 7.21. The second-order valence-corrected chi connectivity index (χ2v) is 7.21. The molecule has 1 saturated carbocycles. The summed E-state index contributed by atoms with van der Waals surface area (Å²) in [5.74, 6) is 0.895. The summed E-state index contributed by atoms with van der Waals surface area (Å²) in [6.45, 7) is 7.39. The second kappa shape index (κ2) is 4.06. The van der Waals surface area contributed by atoms with E-state index in [4.69, 9.17) is 4.74 Å². The van der Waals surface area contributed by atoms with Crippen LogP contribution in [-0.4, -0.2) is 29.2 Å². The van der Waals surface area contributed by atoms with Gasteiger partial charge in [0.2, 0.25) is 0 Å². The average Bonchev–Trinajstić information content (AvgIpc) is 2.75. The highest BCUT2D eigenvalue weighted by Gasteiger charge is 2.48. The van der Waals surface area contributed by atoms with E-state index < -0.39 is 12.4 Å². The van der Waals surface area contributed by atoms with Crippen molar-refractivity contribution in [3.63, 3.8) is 0 Å². The molecule has 18 heavy (non-hydrogen) atoms. The lowest BCUT2D eigenvalue weighted by Crippen LogP contribution is -2.30. The van der Waals surface area contributed by atoms with Gasteiger partial charge >= 0.3 is 0 Å². The first-order valence-electron chi connectivity index (χ1n) is 7.08. The Hall–Kier alpha value is -0.380. The molecule has 1 aliphatic heterocycles. The van der Waals surface area contributed by atoms with Gasteiger partial charge < -0.3 is 14.9 Å². The van der Waals surface area contributed by atoms with E-state index in [9.17, 15) is 10.2 Å². The van der Waals surface area contributed by atoms with Crippen LogP contribution in [0.2, 0.25) is 0 Å². The molecule has 0 unspecified atom stereocenters. The number of hydrogen-bond acceptors (Lipinski definition) is 3. The molecule has 0 spiro atoms. The minimum Gasteiger partial charge on any atom is -0.392 e. The fraction of sp³-hybridized carbons (Fsp3) is 0.867. The molecule has 5 atom stereocenters. The molecule has 0 aromatic carbocycles. The molecular weight excluding hydrogens is 228 g/mol. The van der Waals surface area contributed by atoms with Gasteiger partial charge in [0.05, 0.1) is 18.6 Å². The quantitative estimate of drug-likeness (QED) is 0.649. The Balaban J connectivity index is 2.04. The van der Waals surface area contributed by atoms with Crippen LogP contribution in [0.25, 0.3) is 0 Å². The molecule has 1 saturated heterocycles. The van der Waals surface area contributed by atoms with Crippen LogP contribution in [0.3, 0.4) is 0 Å². The standard InChI is InChI=1S/C15H24O3/c1-8-4-12(16)13-11(7-18-14(13)17)10-6-15(2,3)5-9(8)10/h8-9,12-14,16-17H,4-7H2,1-3H3/t8-,9-,12+,13+,14+/m0/s1. The zero-order chi connectivity index (χ0) is 13.1. The van der Waals surface area contributed by atoms with E-state index in [0.717, 1.165) is 12.8 Å². The third-order valence-corrected chi connectivity index (χ3v) is 5.14. The number of ether oxygens (including phenoxy) is 1. The van der Waals surface area contributed by atoms with E-state index in [-0.39, 0.29) is 5.92 Å². The van der Waals surface area contributed by atoms with Crippen LogP contribution in [-0.2, 0) is 4.74 Å². The van der Waals surface area contributed by atoms with Crippen LogP contribution < -0.4 is 0 Å². The molecule has 2 N–H and O–H groups in total. The molecule has 3 aliphatic rings. The maximum atomic E-state index is 10.3. The first-order valence-corrected chi connectivity index (χ1v) is 7.08. The normalized spacial score (nSPS) is 46.8. The molecule has 3 nitrogen and oxygen atoms in total. The van der Waals surface area contributed by atoms with Gasteiger partial charge in [0.15, 0.2) is 6.29 Å². The van der Waals surface area contributed by atoms with Crippen molar-refractivity contribution in [2.24, 2.45) is 23.2 Å². The highest BCUT2D eigenvalue weighted by atomic mass is 16.6. The molecule has 0 bridgehead atoms. The lowest BCUT2D eigenvalue weighted by molar-refractivity contribution is -0.107. The molecule has 0 radical (unpaired) electrons. The molecule has 3 rings (SSSR count). The van der Waals surface area contributed by atoms with Gasteiger partial charge in [-0.1, -0.05) is 26.3 Å². The van der Waals surface area contributed by atoms with Crippen LogP contribution in [0.5, 0.6) is 0 Å². The molecule has 0 aromatic rings. The van der Waals surface area contributed by atoms with E-state index >= 15 is 0 Å². The lowest BCUT2D eigenvalue weighted by Gasteiger charge is -2.24. The van der Waals surface area contributed by atoms with E-state index in [2.05, 4.69) is 20.8 Å². The summed E-state index contributed by atoms with van der Waals surface area (Å²) < 4.78 is 5.38. The molecule has 102 valence electrons. The molecule has 1 heterocycles. The molecular formula is C15H24O3. The number of fused-ring (bicyclic) bond motifs is 2. The summed E-state index contributed by atoms with van der Waals surface area (Å²) in [7, 11) is 0. The molecule has 0 amide bonds. The average molecular weight is 252 g/mol. The third kappa shape index (κ3) is 1.84. The van der Waals surface area contributed by atoms with Gasteiger partial charge in [0, 0.05) is 0 Å². The zero-order valence-electron chi connectivity index (χ0n) is 11.5. The van der Waals surface area contributed by atoms with Crippen molar-refractivity contribution in [2.45, 2.75) is 52.4 Å². The van der Waals surface area contributed by atoms with Gasteiger partial charge in [-0.3, -0.25) is 0 Å². The predicted molar refractivity (Wildman–Crippen MR) is 68.8 cm³/mol. The van der Waals surface area contributed by atoms with Gasteiger partial charge in [-0.25, -0.2) is 0 Å². The summed E-state index contributed by atoms with van der Waals surface area (Å²) in [6, 6.07) is 0. The van der Waals surface area contributed by atoms with Gasteiger partial charge in [-0.05, 0) is 42.1 Å². The Morgan fingerprint density at radius 1 is 1.22 bits per heavy atom.